The Kier molecular flexibility index (Phi) is 3.47. The minimum Gasteiger partial charge on any atom is -0.422 e. The Morgan fingerprint density at radius 1 is 1.54 bits per heavy atom. The van der Waals surface area contributed by atoms with Gasteiger partial charge in [-0.3, -0.25) is 4.68 Å². The second kappa shape index (κ2) is 4.41. The maximum absolute atomic E-state index is 8.94. The zero-order chi connectivity index (χ0) is 9.84. The lowest BCUT2D eigenvalue weighted by molar-refractivity contribution is 0.371. The molecule has 0 fully saturated rings. The third-order valence-corrected chi connectivity index (χ3v) is 1.77. The molecular formula is C7H14BN3O2. The second-order valence-electron chi connectivity index (χ2n) is 3.16. The van der Waals surface area contributed by atoms with Crippen LogP contribution in [0.5, 0.6) is 0 Å². The summed E-state index contributed by atoms with van der Waals surface area (Å²) < 4.78 is 1.59. The molecule has 1 aromatic rings. The summed E-state index contributed by atoms with van der Waals surface area (Å²) in [7, 11) is 2.47. The van der Waals surface area contributed by atoms with Gasteiger partial charge in [-0.2, -0.15) is 5.10 Å². The van der Waals surface area contributed by atoms with Crippen LogP contribution in [0.25, 0.3) is 0 Å². The number of hydrogen-bond acceptors (Lipinski definition) is 4. The fourth-order valence-corrected chi connectivity index (χ4v) is 1.04. The van der Waals surface area contributed by atoms with Gasteiger partial charge in [-0.25, -0.2) is 0 Å². The predicted octanol–water partition coefficient (Wildman–Crippen LogP) is -1.88. The maximum Gasteiger partial charge on any atom is 0.507 e. The summed E-state index contributed by atoms with van der Waals surface area (Å²) in [6.45, 7) is 1.48. The summed E-state index contributed by atoms with van der Waals surface area (Å²) in [4.78, 5) is 2.01. The van der Waals surface area contributed by atoms with Crippen LogP contribution in [0.1, 0.15) is 0 Å². The molecule has 0 atom stereocenters. The lowest BCUT2D eigenvalue weighted by Gasteiger charge is -2.11. The molecule has 2 N–H and O–H groups in total. The van der Waals surface area contributed by atoms with E-state index >= 15 is 0 Å². The van der Waals surface area contributed by atoms with Gasteiger partial charge in [-0.1, -0.05) is 0 Å². The summed E-state index contributed by atoms with van der Waals surface area (Å²) in [6.07, 6.45) is 1.56. The van der Waals surface area contributed by atoms with Gasteiger partial charge in [-0.15, -0.1) is 0 Å². The lowest BCUT2D eigenvalue weighted by Crippen LogP contribution is -2.38. The smallest absolute Gasteiger partial charge is 0.422 e. The first-order valence-electron chi connectivity index (χ1n) is 4.14. The van der Waals surface area contributed by atoms with Crippen LogP contribution in [0.4, 0.5) is 0 Å². The molecule has 1 heterocycles. The van der Waals surface area contributed by atoms with Gasteiger partial charge in [0.05, 0.1) is 12.1 Å². The van der Waals surface area contributed by atoms with E-state index in [4.69, 9.17) is 10.0 Å². The zero-order valence-corrected chi connectivity index (χ0v) is 7.88. The highest BCUT2D eigenvalue weighted by atomic mass is 16.4. The van der Waals surface area contributed by atoms with E-state index < -0.39 is 7.12 Å². The van der Waals surface area contributed by atoms with E-state index in [0.29, 0.717) is 12.1 Å². The molecule has 0 aromatic carbocycles. The van der Waals surface area contributed by atoms with Crippen molar-refractivity contribution in [3.63, 3.8) is 0 Å². The van der Waals surface area contributed by atoms with Gasteiger partial charge in [0.1, 0.15) is 0 Å². The van der Waals surface area contributed by atoms with Crippen LogP contribution >= 0.6 is 0 Å². The van der Waals surface area contributed by atoms with Crippen LogP contribution in [0.2, 0.25) is 0 Å². The molecule has 13 heavy (non-hydrogen) atoms. The third kappa shape index (κ3) is 2.84. The Morgan fingerprint density at radius 2 is 2.23 bits per heavy atom. The molecule has 5 nitrogen and oxygen atoms in total. The lowest BCUT2D eigenvalue weighted by atomic mass is 9.86. The number of aromatic nitrogens is 2. The van der Waals surface area contributed by atoms with E-state index in [1.165, 1.54) is 0 Å². The molecule has 0 saturated heterocycles. The Hall–Kier alpha value is -0.845. The first-order chi connectivity index (χ1) is 6.11. The molecule has 0 unspecified atom stereocenters. The summed E-state index contributed by atoms with van der Waals surface area (Å²) in [5, 5.41) is 21.9. The molecule has 0 aliphatic carbocycles. The van der Waals surface area contributed by atoms with Gasteiger partial charge in [0.25, 0.3) is 0 Å². The van der Waals surface area contributed by atoms with Crippen molar-refractivity contribution in [2.45, 2.75) is 6.54 Å². The summed E-state index contributed by atoms with van der Waals surface area (Å²) in [5.41, 5.74) is 0.432. The van der Waals surface area contributed by atoms with Crippen molar-refractivity contribution >= 4 is 12.7 Å². The van der Waals surface area contributed by atoms with E-state index in [-0.39, 0.29) is 0 Å². The predicted molar refractivity (Wildman–Crippen MR) is 50.6 cm³/mol. The van der Waals surface area contributed by atoms with Crippen LogP contribution in [-0.2, 0) is 6.54 Å². The first-order valence-corrected chi connectivity index (χ1v) is 4.14. The molecule has 72 valence electrons. The van der Waals surface area contributed by atoms with Crippen molar-refractivity contribution in [1.82, 2.24) is 14.7 Å². The highest BCUT2D eigenvalue weighted by Crippen LogP contribution is 1.85. The topological polar surface area (TPSA) is 61.5 Å². The maximum atomic E-state index is 8.94. The molecule has 0 saturated carbocycles. The Labute approximate surface area is 77.7 Å². The van der Waals surface area contributed by atoms with Gasteiger partial charge in [-0.05, 0) is 20.2 Å². The van der Waals surface area contributed by atoms with Crippen molar-refractivity contribution in [3.05, 3.63) is 12.3 Å². The van der Waals surface area contributed by atoms with Crippen molar-refractivity contribution in [1.29, 1.82) is 0 Å². The van der Waals surface area contributed by atoms with Crippen LogP contribution in [-0.4, -0.2) is 52.5 Å². The fraction of sp³-hybridized carbons (Fsp3) is 0.571. The average Bonchev–Trinajstić information content (AvgIpc) is 2.47. The minimum atomic E-state index is -1.44. The molecular weight excluding hydrogens is 169 g/mol. The van der Waals surface area contributed by atoms with E-state index in [0.717, 1.165) is 6.54 Å². The Bertz CT molecular complexity index is 262. The van der Waals surface area contributed by atoms with E-state index in [2.05, 4.69) is 5.10 Å². The molecule has 0 spiro atoms. The van der Waals surface area contributed by atoms with Crippen molar-refractivity contribution in [2.24, 2.45) is 0 Å². The normalized spacial score (nSPS) is 10.8. The minimum absolute atomic E-state index is 0.432. The van der Waals surface area contributed by atoms with Gasteiger partial charge >= 0.3 is 7.12 Å². The van der Waals surface area contributed by atoms with Gasteiger partial charge in [0.15, 0.2) is 0 Å². The molecule has 0 amide bonds. The molecule has 1 aromatic heterocycles. The molecule has 0 aliphatic heterocycles. The first kappa shape index (κ1) is 10.2. The number of nitrogens with zero attached hydrogens (tertiary/aromatic N) is 3. The highest BCUT2D eigenvalue weighted by molar-refractivity contribution is 6.57. The second-order valence-corrected chi connectivity index (χ2v) is 3.16. The monoisotopic (exact) mass is 183 g/mol. The highest BCUT2D eigenvalue weighted by Gasteiger charge is 2.16. The molecule has 0 aliphatic rings. The summed E-state index contributed by atoms with van der Waals surface area (Å²) >= 11 is 0. The van der Waals surface area contributed by atoms with Crippen LogP contribution < -0.4 is 5.59 Å². The van der Waals surface area contributed by atoms with Crippen LogP contribution in [0, 0.1) is 0 Å². The van der Waals surface area contributed by atoms with Gasteiger partial charge < -0.3 is 14.9 Å². The number of hydrogen-bond donors (Lipinski definition) is 2. The van der Waals surface area contributed by atoms with E-state index in [9.17, 15) is 0 Å². The Balaban J connectivity index is 2.60. The number of rotatable bonds is 4. The molecule has 0 radical (unpaired) electrons. The fourth-order valence-electron chi connectivity index (χ4n) is 1.04. The molecule has 6 heteroatoms. The van der Waals surface area contributed by atoms with E-state index in [1.807, 2.05) is 19.0 Å². The van der Waals surface area contributed by atoms with Gasteiger partial charge in [0.2, 0.25) is 0 Å². The summed E-state index contributed by atoms with van der Waals surface area (Å²) in [5.74, 6) is 0. The van der Waals surface area contributed by atoms with Crippen LogP contribution in [0.3, 0.4) is 0 Å². The van der Waals surface area contributed by atoms with E-state index in [1.54, 1.807) is 16.9 Å². The Morgan fingerprint density at radius 3 is 2.77 bits per heavy atom. The zero-order valence-electron chi connectivity index (χ0n) is 7.88. The van der Waals surface area contributed by atoms with Crippen molar-refractivity contribution in [2.75, 3.05) is 20.6 Å². The summed E-state index contributed by atoms with van der Waals surface area (Å²) in [6, 6.07) is 1.60. The molecule has 0 bridgehead atoms. The quantitative estimate of drug-likeness (QED) is 0.536. The third-order valence-electron chi connectivity index (χ3n) is 1.77. The standard InChI is InChI=1S/C7H14BN3O2/c1-10(2)5-6-11-7(8(12)13)3-4-9-11/h3-4,12-13H,5-6H2,1-2H3. The number of likely N-dealkylation sites (N-methyl/N-ethyl adjacent to an activating group) is 1. The largest absolute Gasteiger partial charge is 0.507 e. The molecule has 1 rings (SSSR count). The SMILES string of the molecule is CN(C)CCn1nccc1B(O)O. The van der Waals surface area contributed by atoms with Gasteiger partial charge in [0, 0.05) is 12.7 Å². The van der Waals surface area contributed by atoms with Crippen molar-refractivity contribution in [3.8, 4) is 0 Å². The van der Waals surface area contributed by atoms with Crippen LogP contribution in [0.15, 0.2) is 12.3 Å². The average molecular weight is 183 g/mol. The van der Waals surface area contributed by atoms with Crippen molar-refractivity contribution < 1.29 is 10.0 Å².